The summed E-state index contributed by atoms with van der Waals surface area (Å²) in [6, 6.07) is -1.15. The number of aliphatic hydroxyl groups excluding tert-OH is 1. The van der Waals surface area contributed by atoms with Gasteiger partial charge in [-0.2, -0.15) is 0 Å². The molecule has 1 heterocycles. The largest absolute Gasteiger partial charge is 0.508 e. The van der Waals surface area contributed by atoms with Gasteiger partial charge in [-0.05, 0) is 68.1 Å². The summed E-state index contributed by atoms with van der Waals surface area (Å²) >= 11 is 0. The van der Waals surface area contributed by atoms with Gasteiger partial charge in [0.15, 0.2) is 0 Å². The average molecular weight is 917 g/mol. The van der Waals surface area contributed by atoms with Gasteiger partial charge in [-0.15, -0.1) is 0 Å². The first-order valence-electron chi connectivity index (χ1n) is 22.4. The molecule has 0 radical (unpaired) electrons. The summed E-state index contributed by atoms with van der Waals surface area (Å²) in [6.45, 7) is 15.0. The molecule has 1 aromatic carbocycles. The minimum absolute atomic E-state index is 0.0129. The molecule has 0 aromatic heterocycles. The summed E-state index contributed by atoms with van der Waals surface area (Å²) in [5.74, 6) is -7.74. The molecular weight excluding hydrogens is 845 g/mol. The number of nitrogens with zero attached hydrogens (tertiary/aromatic N) is 2. The van der Waals surface area contributed by atoms with Crippen LogP contribution in [0.2, 0.25) is 0 Å². The lowest BCUT2D eigenvalue weighted by Crippen LogP contribution is -2.66. The highest BCUT2D eigenvalue weighted by molar-refractivity contribution is 5.97. The van der Waals surface area contributed by atoms with Crippen molar-refractivity contribution in [1.29, 1.82) is 0 Å². The van der Waals surface area contributed by atoms with Crippen LogP contribution >= 0.6 is 0 Å². The van der Waals surface area contributed by atoms with Crippen LogP contribution in [0.25, 0.3) is 0 Å². The zero-order valence-electron chi connectivity index (χ0n) is 39.5. The number of rotatable bonds is 25. The summed E-state index contributed by atoms with van der Waals surface area (Å²) in [5, 5.41) is 34.2. The maximum Gasteiger partial charge on any atom is 0.328 e. The van der Waals surface area contributed by atoms with Crippen molar-refractivity contribution in [2.24, 2.45) is 29.4 Å². The number of ether oxygens (including phenoxy) is 1. The number of likely N-dealkylation sites (N-methyl/N-ethyl adjacent to an activating group) is 1. The number of likely N-dealkylation sites (tertiary alicyclic amines) is 1. The number of nitrogens with two attached hydrogens (primary N) is 1. The van der Waals surface area contributed by atoms with E-state index in [1.807, 2.05) is 20.8 Å². The smallest absolute Gasteiger partial charge is 0.328 e. The Kier molecular flexibility index (Phi) is 22.3. The van der Waals surface area contributed by atoms with Gasteiger partial charge in [-0.25, -0.2) is 4.79 Å². The molecule has 364 valence electrons. The number of hydrogen-bond acceptors (Lipinski definition) is 12. The van der Waals surface area contributed by atoms with Crippen LogP contribution in [-0.4, -0.2) is 136 Å². The summed E-state index contributed by atoms with van der Waals surface area (Å²) in [5.41, 5.74) is 5.81. The molecule has 65 heavy (non-hydrogen) atoms. The predicted molar refractivity (Wildman–Crippen MR) is 239 cm³/mol. The Morgan fingerprint density at radius 3 is 2.03 bits per heavy atom. The molecular formula is C45H72N8O12. The molecule has 2 unspecified atom stereocenters. The maximum absolute atomic E-state index is 14.7. The van der Waals surface area contributed by atoms with Gasteiger partial charge in [-0.1, -0.05) is 73.9 Å². The SMILES string of the molecule is CCOC(=O)[C@@H](NC(=O)[C@H](Cc1ccc(O)cc1)N(C)C(=O)[C@H](C(C)C)N1C(=O)C(NC(=O)[C@H](CC(C)C)NC(=O)CNC(=O)[C@H](CCC(N)=O)NC(=O)C(C)C)CC[C@@H]1O)C(C)CC. The van der Waals surface area contributed by atoms with Crippen LogP contribution in [0.15, 0.2) is 24.3 Å². The van der Waals surface area contributed by atoms with Crippen molar-refractivity contribution >= 4 is 53.2 Å². The minimum Gasteiger partial charge on any atom is -0.508 e. The van der Waals surface area contributed by atoms with Crippen molar-refractivity contribution in [3.63, 3.8) is 0 Å². The average Bonchev–Trinajstić information content (AvgIpc) is 3.23. The quantitative estimate of drug-likeness (QED) is 0.0618. The molecule has 9 N–H and O–H groups in total. The fourth-order valence-corrected chi connectivity index (χ4v) is 7.27. The number of benzene rings is 1. The Morgan fingerprint density at radius 2 is 1.49 bits per heavy atom. The molecule has 0 bridgehead atoms. The molecule has 20 nitrogen and oxygen atoms in total. The normalized spacial score (nSPS) is 17.8. The van der Waals surface area contributed by atoms with E-state index in [0.29, 0.717) is 12.0 Å². The third kappa shape index (κ3) is 16.9. The molecule has 0 aliphatic carbocycles. The highest BCUT2D eigenvalue weighted by atomic mass is 16.5. The monoisotopic (exact) mass is 917 g/mol. The van der Waals surface area contributed by atoms with Crippen molar-refractivity contribution in [3.8, 4) is 5.75 Å². The molecule has 0 saturated carbocycles. The van der Waals surface area contributed by atoms with E-state index in [2.05, 4.69) is 26.6 Å². The zero-order valence-corrected chi connectivity index (χ0v) is 39.5. The first-order chi connectivity index (χ1) is 30.4. The van der Waals surface area contributed by atoms with Gasteiger partial charge in [-0.3, -0.25) is 38.4 Å². The van der Waals surface area contributed by atoms with Crippen molar-refractivity contribution in [2.45, 2.75) is 150 Å². The number of piperidine rings is 1. The number of esters is 1. The van der Waals surface area contributed by atoms with Crippen LogP contribution < -0.4 is 32.3 Å². The van der Waals surface area contributed by atoms with Crippen LogP contribution in [0.5, 0.6) is 5.75 Å². The lowest BCUT2D eigenvalue weighted by molar-refractivity contribution is -0.167. The van der Waals surface area contributed by atoms with Gasteiger partial charge in [0.2, 0.25) is 47.3 Å². The highest BCUT2D eigenvalue weighted by Gasteiger charge is 2.46. The number of aromatic hydroxyl groups is 1. The lowest BCUT2D eigenvalue weighted by atomic mass is 9.93. The minimum atomic E-state index is -1.45. The number of hydrogen-bond donors (Lipinski definition) is 8. The van der Waals surface area contributed by atoms with Crippen LogP contribution in [0.4, 0.5) is 0 Å². The van der Waals surface area contributed by atoms with Gasteiger partial charge in [0, 0.05) is 25.8 Å². The molecule has 1 aliphatic heterocycles. The highest BCUT2D eigenvalue weighted by Crippen LogP contribution is 2.26. The standard InChI is InChI=1S/C45H72N8O12/c1-11-27(9)37(45(64)65-12-2)51-42(61)33(22-28-13-15-29(54)16-14-28)52(10)44(63)38(25(5)6)53-36(57)20-18-31(43(53)62)50-41(60)32(21-24(3)4)48-35(56)23-47-40(59)30(17-19-34(46)55)49-39(58)26(7)8/h13-16,24-27,30-33,36-38,54,57H,11-12,17-23H2,1-10H3,(H2,46,55)(H,47,59)(H,48,56)(H,49,58)(H,50,60)(H,51,61)/t27?,30-,31?,32-,33-,36-,37-,38-/m0/s1. The Bertz CT molecular complexity index is 1820. The Morgan fingerprint density at radius 1 is 0.862 bits per heavy atom. The molecule has 8 atom stereocenters. The van der Waals surface area contributed by atoms with Crippen molar-refractivity contribution < 1.29 is 58.1 Å². The predicted octanol–water partition coefficient (Wildman–Crippen LogP) is 0.359. The van der Waals surface area contributed by atoms with E-state index in [9.17, 15) is 53.4 Å². The zero-order chi connectivity index (χ0) is 49.3. The van der Waals surface area contributed by atoms with Crippen LogP contribution in [-0.2, 0) is 54.3 Å². The van der Waals surface area contributed by atoms with Crippen LogP contribution in [0, 0.1) is 23.7 Å². The fourth-order valence-electron chi connectivity index (χ4n) is 7.27. The van der Waals surface area contributed by atoms with E-state index in [1.54, 1.807) is 53.7 Å². The summed E-state index contributed by atoms with van der Waals surface area (Å²) in [6.07, 6.45) is -1.21. The third-order valence-electron chi connectivity index (χ3n) is 11.2. The number of primary amides is 1. The lowest BCUT2D eigenvalue weighted by Gasteiger charge is -2.44. The summed E-state index contributed by atoms with van der Waals surface area (Å²) in [4.78, 5) is 122. The van der Waals surface area contributed by atoms with Gasteiger partial charge < -0.3 is 57.1 Å². The van der Waals surface area contributed by atoms with E-state index in [1.165, 1.54) is 24.1 Å². The van der Waals surface area contributed by atoms with E-state index in [-0.39, 0.29) is 62.7 Å². The summed E-state index contributed by atoms with van der Waals surface area (Å²) < 4.78 is 5.24. The molecule has 1 fully saturated rings. The molecule has 1 saturated heterocycles. The molecule has 8 amide bonds. The van der Waals surface area contributed by atoms with Gasteiger partial charge in [0.25, 0.3) is 0 Å². The number of amides is 8. The maximum atomic E-state index is 14.7. The van der Waals surface area contributed by atoms with Gasteiger partial charge in [0.1, 0.15) is 48.2 Å². The number of phenols is 1. The van der Waals surface area contributed by atoms with Crippen molar-refractivity contribution in [2.75, 3.05) is 20.2 Å². The fraction of sp³-hybridized carbons (Fsp3) is 0.667. The Balaban J connectivity index is 2.36. The van der Waals surface area contributed by atoms with E-state index < -0.39 is 114 Å². The van der Waals surface area contributed by atoms with Crippen LogP contribution in [0.3, 0.4) is 0 Å². The first-order valence-corrected chi connectivity index (χ1v) is 22.4. The molecule has 2 rings (SSSR count). The Hall–Kier alpha value is -5.79. The molecule has 1 aromatic rings. The number of aliphatic hydroxyl groups is 1. The van der Waals surface area contributed by atoms with E-state index in [0.717, 1.165) is 4.90 Å². The third-order valence-corrected chi connectivity index (χ3v) is 11.2. The second kappa shape index (κ2) is 26.2. The number of nitrogens with one attached hydrogen (secondary N) is 5. The molecule has 0 spiro atoms. The second-order valence-corrected chi connectivity index (χ2v) is 17.7. The topological polar surface area (TPSA) is 296 Å². The van der Waals surface area contributed by atoms with Gasteiger partial charge in [0.05, 0.1) is 13.2 Å². The van der Waals surface area contributed by atoms with Crippen molar-refractivity contribution in [1.82, 2.24) is 36.4 Å². The number of phenolic OH excluding ortho intramolecular Hbond substituents is 1. The summed E-state index contributed by atoms with van der Waals surface area (Å²) in [7, 11) is 1.38. The number of carbonyl (C=O) groups excluding carboxylic acids is 9. The second-order valence-electron chi connectivity index (χ2n) is 17.7. The van der Waals surface area contributed by atoms with Gasteiger partial charge >= 0.3 is 5.97 Å². The van der Waals surface area contributed by atoms with E-state index in [4.69, 9.17) is 10.5 Å². The molecule has 1 aliphatic rings. The van der Waals surface area contributed by atoms with Crippen molar-refractivity contribution in [3.05, 3.63) is 29.8 Å². The first kappa shape index (κ1) is 55.3. The van der Waals surface area contributed by atoms with E-state index >= 15 is 0 Å². The Labute approximate surface area is 381 Å². The molecule has 20 heteroatoms. The van der Waals surface area contributed by atoms with Crippen LogP contribution in [0.1, 0.15) is 106 Å². The number of carbonyl (C=O) groups is 9.